The van der Waals surface area contributed by atoms with E-state index in [-0.39, 0.29) is 18.1 Å². The van der Waals surface area contributed by atoms with E-state index in [2.05, 4.69) is 4.74 Å². The van der Waals surface area contributed by atoms with E-state index in [1.165, 1.54) is 19.2 Å². The quantitative estimate of drug-likeness (QED) is 0.762. The standard InChI is InChI=1S/C11H16O5S/c1-9-3-5-11(6-4-9)17(13,14)16-8-10(12)7-15-2/h3-6,10,12H,7-8H2,1-2H3. The Bertz CT molecular complexity index is 437. The zero-order valence-electron chi connectivity index (χ0n) is 9.79. The van der Waals surface area contributed by atoms with Gasteiger partial charge >= 0.3 is 0 Å². The van der Waals surface area contributed by atoms with Crippen LogP contribution < -0.4 is 0 Å². The van der Waals surface area contributed by atoms with Crippen LogP contribution in [-0.2, 0) is 19.0 Å². The Balaban J connectivity index is 2.66. The SMILES string of the molecule is COCC(O)COS(=O)(=O)c1ccc(C)cc1. The number of hydrogen-bond donors (Lipinski definition) is 1. The molecule has 0 fully saturated rings. The van der Waals surface area contributed by atoms with E-state index in [0.717, 1.165) is 5.56 Å². The Hall–Kier alpha value is -0.950. The van der Waals surface area contributed by atoms with Gasteiger partial charge in [-0.3, -0.25) is 4.18 Å². The molecule has 5 nitrogen and oxygen atoms in total. The molecule has 96 valence electrons. The summed E-state index contributed by atoms with van der Waals surface area (Å²) in [6, 6.07) is 6.30. The largest absolute Gasteiger partial charge is 0.388 e. The fourth-order valence-electron chi connectivity index (χ4n) is 1.18. The van der Waals surface area contributed by atoms with Gasteiger partial charge in [0.2, 0.25) is 0 Å². The number of methoxy groups -OCH3 is 1. The summed E-state index contributed by atoms with van der Waals surface area (Å²) in [7, 11) is -2.39. The third-order valence-corrected chi connectivity index (χ3v) is 3.38. The van der Waals surface area contributed by atoms with Crippen molar-refractivity contribution in [3.05, 3.63) is 29.8 Å². The van der Waals surface area contributed by atoms with Crippen molar-refractivity contribution in [1.29, 1.82) is 0 Å². The maximum Gasteiger partial charge on any atom is 0.297 e. The summed E-state index contributed by atoms with van der Waals surface area (Å²) in [5, 5.41) is 9.29. The molecule has 6 heteroatoms. The van der Waals surface area contributed by atoms with Gasteiger partial charge in [0.15, 0.2) is 0 Å². The van der Waals surface area contributed by atoms with Crippen molar-refractivity contribution in [2.45, 2.75) is 17.9 Å². The predicted octanol–water partition coefficient (Wildman–Crippen LogP) is 0.708. The first kappa shape index (κ1) is 14.1. The van der Waals surface area contributed by atoms with Gasteiger partial charge in [-0.1, -0.05) is 17.7 Å². The average molecular weight is 260 g/mol. The smallest absolute Gasteiger partial charge is 0.297 e. The van der Waals surface area contributed by atoms with Crippen LogP contribution in [0, 0.1) is 6.92 Å². The molecule has 0 bridgehead atoms. The van der Waals surface area contributed by atoms with Crippen molar-refractivity contribution in [3.8, 4) is 0 Å². The molecular formula is C11H16O5S. The number of ether oxygens (including phenoxy) is 1. The van der Waals surface area contributed by atoms with E-state index in [0.29, 0.717) is 0 Å². The van der Waals surface area contributed by atoms with Gasteiger partial charge in [-0.15, -0.1) is 0 Å². The molecule has 0 radical (unpaired) electrons. The van der Waals surface area contributed by atoms with Crippen LogP contribution in [-0.4, -0.2) is 40.0 Å². The highest BCUT2D eigenvalue weighted by Gasteiger charge is 2.17. The minimum absolute atomic E-state index is 0.0312. The molecule has 1 unspecified atom stereocenters. The Morgan fingerprint density at radius 2 is 1.82 bits per heavy atom. The maximum atomic E-state index is 11.7. The maximum absolute atomic E-state index is 11.7. The Labute approximate surface area is 101 Å². The molecule has 0 saturated carbocycles. The van der Waals surface area contributed by atoms with Crippen molar-refractivity contribution in [3.63, 3.8) is 0 Å². The molecule has 0 heterocycles. The van der Waals surface area contributed by atoms with Gasteiger partial charge in [0, 0.05) is 7.11 Å². The fourth-order valence-corrected chi connectivity index (χ4v) is 2.12. The minimum Gasteiger partial charge on any atom is -0.388 e. The van der Waals surface area contributed by atoms with Gasteiger partial charge in [-0.2, -0.15) is 8.42 Å². The summed E-state index contributed by atoms with van der Waals surface area (Å²) in [6.45, 7) is 1.58. The zero-order valence-corrected chi connectivity index (χ0v) is 10.6. The highest BCUT2D eigenvalue weighted by atomic mass is 32.2. The van der Waals surface area contributed by atoms with Gasteiger partial charge in [0.05, 0.1) is 18.1 Å². The van der Waals surface area contributed by atoms with Crippen LogP contribution in [0.5, 0.6) is 0 Å². The number of benzene rings is 1. The molecule has 0 aliphatic heterocycles. The van der Waals surface area contributed by atoms with Crippen molar-refractivity contribution in [1.82, 2.24) is 0 Å². The van der Waals surface area contributed by atoms with Gasteiger partial charge in [0.25, 0.3) is 10.1 Å². The molecule has 0 amide bonds. The summed E-state index contributed by atoms with van der Waals surface area (Å²) >= 11 is 0. The lowest BCUT2D eigenvalue weighted by Gasteiger charge is -2.10. The Morgan fingerprint density at radius 3 is 2.35 bits per heavy atom. The van der Waals surface area contributed by atoms with Crippen LogP contribution >= 0.6 is 0 Å². The molecule has 0 aliphatic rings. The molecule has 1 atom stereocenters. The van der Waals surface area contributed by atoms with Crippen LogP contribution in [0.15, 0.2) is 29.2 Å². The van der Waals surface area contributed by atoms with Crippen molar-refractivity contribution < 1.29 is 22.4 Å². The fraction of sp³-hybridized carbons (Fsp3) is 0.455. The highest BCUT2D eigenvalue weighted by Crippen LogP contribution is 2.13. The van der Waals surface area contributed by atoms with E-state index in [1.54, 1.807) is 12.1 Å². The molecule has 0 aromatic heterocycles. The van der Waals surface area contributed by atoms with Crippen molar-refractivity contribution in [2.24, 2.45) is 0 Å². The number of aliphatic hydroxyl groups is 1. The summed E-state index contributed by atoms with van der Waals surface area (Å²) in [4.78, 5) is 0.0766. The third kappa shape index (κ3) is 4.43. The summed E-state index contributed by atoms with van der Waals surface area (Å²) in [6.07, 6.45) is -0.958. The second-order valence-corrected chi connectivity index (χ2v) is 5.28. The molecular weight excluding hydrogens is 244 g/mol. The first-order chi connectivity index (χ1) is 7.95. The topological polar surface area (TPSA) is 72.8 Å². The van der Waals surface area contributed by atoms with Crippen LogP contribution in [0.1, 0.15) is 5.56 Å². The van der Waals surface area contributed by atoms with E-state index in [1.807, 2.05) is 6.92 Å². The molecule has 1 rings (SSSR count). The van der Waals surface area contributed by atoms with Crippen LogP contribution in [0.25, 0.3) is 0 Å². The van der Waals surface area contributed by atoms with Crippen molar-refractivity contribution >= 4 is 10.1 Å². The molecule has 1 aromatic carbocycles. The molecule has 1 N–H and O–H groups in total. The predicted molar refractivity (Wildman–Crippen MR) is 62.2 cm³/mol. The minimum atomic E-state index is -3.81. The third-order valence-electron chi connectivity index (χ3n) is 2.08. The van der Waals surface area contributed by atoms with E-state index >= 15 is 0 Å². The lowest BCUT2D eigenvalue weighted by Crippen LogP contribution is -2.23. The number of hydrogen-bond acceptors (Lipinski definition) is 5. The average Bonchev–Trinajstić information content (AvgIpc) is 2.28. The Morgan fingerprint density at radius 1 is 1.24 bits per heavy atom. The number of aliphatic hydroxyl groups excluding tert-OH is 1. The van der Waals surface area contributed by atoms with Crippen molar-refractivity contribution in [2.75, 3.05) is 20.3 Å². The highest BCUT2D eigenvalue weighted by molar-refractivity contribution is 7.86. The number of rotatable bonds is 6. The second kappa shape index (κ2) is 6.11. The van der Waals surface area contributed by atoms with Gasteiger partial charge in [-0.05, 0) is 19.1 Å². The number of aryl methyl sites for hydroxylation is 1. The first-order valence-electron chi connectivity index (χ1n) is 5.09. The van der Waals surface area contributed by atoms with E-state index in [4.69, 9.17) is 4.18 Å². The lowest BCUT2D eigenvalue weighted by atomic mass is 10.2. The summed E-state index contributed by atoms with van der Waals surface area (Å²) in [5.41, 5.74) is 0.961. The zero-order chi connectivity index (χ0) is 12.9. The first-order valence-corrected chi connectivity index (χ1v) is 6.49. The summed E-state index contributed by atoms with van der Waals surface area (Å²) in [5.74, 6) is 0. The van der Waals surface area contributed by atoms with Gasteiger partial charge in [-0.25, -0.2) is 0 Å². The van der Waals surface area contributed by atoms with E-state index in [9.17, 15) is 13.5 Å². The molecule has 1 aromatic rings. The summed E-state index contributed by atoms with van der Waals surface area (Å²) < 4.78 is 32.7. The van der Waals surface area contributed by atoms with E-state index < -0.39 is 16.2 Å². The molecule has 0 saturated heterocycles. The lowest BCUT2D eigenvalue weighted by molar-refractivity contribution is 0.0342. The molecule has 0 aliphatic carbocycles. The second-order valence-electron chi connectivity index (χ2n) is 3.66. The van der Waals surface area contributed by atoms with Gasteiger partial charge < -0.3 is 9.84 Å². The van der Waals surface area contributed by atoms with Crippen LogP contribution in [0.4, 0.5) is 0 Å². The van der Waals surface area contributed by atoms with Gasteiger partial charge in [0.1, 0.15) is 6.10 Å². The van der Waals surface area contributed by atoms with Crippen LogP contribution in [0.3, 0.4) is 0 Å². The molecule has 0 spiro atoms. The van der Waals surface area contributed by atoms with Crippen LogP contribution in [0.2, 0.25) is 0 Å². The monoisotopic (exact) mass is 260 g/mol. The normalized spacial score (nSPS) is 13.6. The Kier molecular flexibility index (Phi) is 5.07. The molecule has 17 heavy (non-hydrogen) atoms.